The molecule has 2 rings (SSSR count). The average molecular weight is 239 g/mol. The average Bonchev–Trinajstić information content (AvgIpc) is 2.98. The van der Waals surface area contributed by atoms with Gasteiger partial charge in [-0.15, -0.1) is 0 Å². The molecule has 0 aliphatic heterocycles. The maximum atomic E-state index is 11.9. The maximum Gasteiger partial charge on any atom is 0.178 e. The van der Waals surface area contributed by atoms with Gasteiger partial charge in [0.05, 0.1) is 10.6 Å². The first-order valence-corrected chi connectivity index (χ1v) is 7.24. The van der Waals surface area contributed by atoms with Crippen LogP contribution in [0.15, 0.2) is 35.2 Å². The van der Waals surface area contributed by atoms with Crippen LogP contribution >= 0.6 is 0 Å². The third kappa shape index (κ3) is 2.83. The molecule has 0 spiro atoms. The molecule has 1 aliphatic carbocycles. The normalized spacial score (nSPS) is 18.3. The summed E-state index contributed by atoms with van der Waals surface area (Å²) in [6, 6.07) is 8.60. The first-order valence-electron chi connectivity index (χ1n) is 5.59. The number of benzene rings is 1. The zero-order valence-electron chi connectivity index (χ0n) is 9.22. The summed E-state index contributed by atoms with van der Waals surface area (Å²) in [6.07, 6.45) is 3.56. The molecule has 0 atom stereocenters. The number of sulfone groups is 1. The molecule has 1 aromatic carbocycles. The molecule has 4 heteroatoms. The SMILES string of the molecule is NC1(CCCS(=O)(=O)c2ccccc2)CC1. The van der Waals surface area contributed by atoms with Crippen LogP contribution in [0.1, 0.15) is 25.7 Å². The standard InChI is InChI=1S/C12H17NO2S/c13-12(8-9-12)7-4-10-16(14,15)11-5-2-1-3-6-11/h1-3,5-6H,4,7-10,13H2. The second-order valence-electron chi connectivity index (χ2n) is 4.60. The highest BCUT2D eigenvalue weighted by Crippen LogP contribution is 2.36. The minimum absolute atomic E-state index is 0.0494. The highest BCUT2D eigenvalue weighted by atomic mass is 32.2. The van der Waals surface area contributed by atoms with Crippen molar-refractivity contribution < 1.29 is 8.42 Å². The minimum Gasteiger partial charge on any atom is -0.325 e. The van der Waals surface area contributed by atoms with E-state index in [0.29, 0.717) is 11.3 Å². The second kappa shape index (κ2) is 4.18. The van der Waals surface area contributed by atoms with E-state index < -0.39 is 9.84 Å². The van der Waals surface area contributed by atoms with Gasteiger partial charge in [0.15, 0.2) is 9.84 Å². The summed E-state index contributed by atoms with van der Waals surface area (Å²) < 4.78 is 23.8. The predicted molar refractivity (Wildman–Crippen MR) is 63.9 cm³/mol. The summed E-state index contributed by atoms with van der Waals surface area (Å²) in [5.74, 6) is 0.204. The van der Waals surface area contributed by atoms with Gasteiger partial charge in [0.1, 0.15) is 0 Å². The molecule has 0 bridgehead atoms. The van der Waals surface area contributed by atoms with Crippen LogP contribution in [0.2, 0.25) is 0 Å². The van der Waals surface area contributed by atoms with Gasteiger partial charge in [-0.2, -0.15) is 0 Å². The predicted octanol–water partition coefficient (Wildman–Crippen LogP) is 1.73. The molecule has 0 saturated heterocycles. The molecule has 2 N–H and O–H groups in total. The monoisotopic (exact) mass is 239 g/mol. The Labute approximate surface area is 96.6 Å². The van der Waals surface area contributed by atoms with E-state index in [0.717, 1.165) is 19.3 Å². The van der Waals surface area contributed by atoms with Crippen molar-refractivity contribution >= 4 is 9.84 Å². The molecule has 1 aliphatic rings. The lowest BCUT2D eigenvalue weighted by molar-refractivity contribution is 0.572. The van der Waals surface area contributed by atoms with Crippen molar-refractivity contribution in [3.63, 3.8) is 0 Å². The Balaban J connectivity index is 1.93. The van der Waals surface area contributed by atoms with Crippen molar-refractivity contribution in [1.82, 2.24) is 0 Å². The van der Waals surface area contributed by atoms with E-state index in [1.165, 1.54) is 0 Å². The van der Waals surface area contributed by atoms with Crippen LogP contribution in [0.25, 0.3) is 0 Å². The third-order valence-corrected chi connectivity index (χ3v) is 4.90. The molecule has 1 fully saturated rings. The fourth-order valence-corrected chi connectivity index (χ4v) is 3.10. The Kier molecular flexibility index (Phi) is 3.04. The fourth-order valence-electron chi connectivity index (χ4n) is 1.77. The van der Waals surface area contributed by atoms with Crippen molar-refractivity contribution in [1.29, 1.82) is 0 Å². The number of hydrogen-bond acceptors (Lipinski definition) is 3. The highest BCUT2D eigenvalue weighted by Gasteiger charge is 2.37. The van der Waals surface area contributed by atoms with Gasteiger partial charge in [-0.1, -0.05) is 18.2 Å². The van der Waals surface area contributed by atoms with Gasteiger partial charge in [-0.3, -0.25) is 0 Å². The molecule has 1 saturated carbocycles. The van der Waals surface area contributed by atoms with E-state index in [4.69, 9.17) is 5.73 Å². The van der Waals surface area contributed by atoms with Gasteiger partial charge >= 0.3 is 0 Å². The molecule has 88 valence electrons. The lowest BCUT2D eigenvalue weighted by atomic mass is 10.1. The lowest BCUT2D eigenvalue weighted by Crippen LogP contribution is -2.22. The molecule has 0 aromatic heterocycles. The molecule has 1 aromatic rings. The van der Waals surface area contributed by atoms with Crippen molar-refractivity contribution in [2.24, 2.45) is 5.73 Å². The van der Waals surface area contributed by atoms with Crippen LogP contribution in [0, 0.1) is 0 Å². The topological polar surface area (TPSA) is 60.2 Å². The Morgan fingerprint density at radius 1 is 1.19 bits per heavy atom. The van der Waals surface area contributed by atoms with Crippen LogP contribution < -0.4 is 5.73 Å². The van der Waals surface area contributed by atoms with Crippen LogP contribution in [-0.4, -0.2) is 19.7 Å². The summed E-state index contributed by atoms with van der Waals surface area (Å²) in [5, 5.41) is 0. The molecular weight excluding hydrogens is 222 g/mol. The highest BCUT2D eigenvalue weighted by molar-refractivity contribution is 7.91. The summed E-state index contributed by atoms with van der Waals surface area (Å²) in [7, 11) is -3.11. The summed E-state index contributed by atoms with van der Waals surface area (Å²) in [5.41, 5.74) is 5.87. The third-order valence-electron chi connectivity index (χ3n) is 3.08. The summed E-state index contributed by atoms with van der Waals surface area (Å²) in [6.45, 7) is 0. The van der Waals surface area contributed by atoms with Crippen molar-refractivity contribution in [3.05, 3.63) is 30.3 Å². The summed E-state index contributed by atoms with van der Waals surface area (Å²) >= 11 is 0. The van der Waals surface area contributed by atoms with E-state index >= 15 is 0 Å². The zero-order valence-corrected chi connectivity index (χ0v) is 10.0. The molecule has 16 heavy (non-hydrogen) atoms. The second-order valence-corrected chi connectivity index (χ2v) is 6.71. The molecule has 0 heterocycles. The van der Waals surface area contributed by atoms with Crippen LogP contribution in [0.5, 0.6) is 0 Å². The van der Waals surface area contributed by atoms with E-state index in [1.807, 2.05) is 6.07 Å². The molecule has 3 nitrogen and oxygen atoms in total. The number of hydrogen-bond donors (Lipinski definition) is 1. The van der Waals surface area contributed by atoms with Crippen LogP contribution in [0.4, 0.5) is 0 Å². The Morgan fingerprint density at radius 3 is 2.38 bits per heavy atom. The van der Waals surface area contributed by atoms with Crippen molar-refractivity contribution in [2.75, 3.05) is 5.75 Å². The van der Waals surface area contributed by atoms with E-state index in [2.05, 4.69) is 0 Å². The van der Waals surface area contributed by atoms with Gasteiger partial charge in [0.25, 0.3) is 0 Å². The van der Waals surface area contributed by atoms with Crippen LogP contribution in [-0.2, 0) is 9.84 Å². The van der Waals surface area contributed by atoms with Crippen molar-refractivity contribution in [3.8, 4) is 0 Å². The largest absolute Gasteiger partial charge is 0.325 e. The molecule has 0 amide bonds. The first kappa shape index (κ1) is 11.6. The smallest absolute Gasteiger partial charge is 0.178 e. The van der Waals surface area contributed by atoms with Gasteiger partial charge in [0.2, 0.25) is 0 Å². The van der Waals surface area contributed by atoms with Gasteiger partial charge in [-0.25, -0.2) is 8.42 Å². The minimum atomic E-state index is -3.11. The first-order chi connectivity index (χ1) is 7.52. The fraction of sp³-hybridized carbons (Fsp3) is 0.500. The lowest BCUT2D eigenvalue weighted by Gasteiger charge is -2.08. The Morgan fingerprint density at radius 2 is 1.81 bits per heavy atom. The van der Waals surface area contributed by atoms with Crippen LogP contribution in [0.3, 0.4) is 0 Å². The molecule has 0 unspecified atom stereocenters. The van der Waals surface area contributed by atoms with Gasteiger partial charge in [-0.05, 0) is 37.8 Å². The van der Waals surface area contributed by atoms with E-state index in [-0.39, 0.29) is 11.3 Å². The number of rotatable bonds is 5. The zero-order chi connectivity index (χ0) is 11.6. The van der Waals surface area contributed by atoms with Gasteiger partial charge < -0.3 is 5.73 Å². The van der Waals surface area contributed by atoms with E-state index in [9.17, 15) is 8.42 Å². The molecule has 0 radical (unpaired) electrons. The summed E-state index contributed by atoms with van der Waals surface area (Å²) in [4.78, 5) is 0.414. The Bertz CT molecular complexity index is 449. The van der Waals surface area contributed by atoms with E-state index in [1.54, 1.807) is 24.3 Å². The number of nitrogens with two attached hydrogens (primary N) is 1. The van der Waals surface area contributed by atoms with Crippen molar-refractivity contribution in [2.45, 2.75) is 36.1 Å². The molecular formula is C12H17NO2S. The quantitative estimate of drug-likeness (QED) is 0.851. The maximum absolute atomic E-state index is 11.9. The van der Waals surface area contributed by atoms with Gasteiger partial charge in [0, 0.05) is 5.54 Å². The Hall–Kier alpha value is -0.870.